The molecular formula is C16H17FN2O4S. The molecule has 0 aliphatic heterocycles. The average Bonchev–Trinajstić information content (AvgIpc) is 3.22. The monoisotopic (exact) mass is 352 g/mol. The van der Waals surface area contributed by atoms with E-state index < -0.39 is 21.9 Å². The quantitative estimate of drug-likeness (QED) is 0.807. The van der Waals surface area contributed by atoms with Crippen molar-refractivity contribution in [2.75, 3.05) is 6.26 Å². The first-order valence-electron chi connectivity index (χ1n) is 7.52. The van der Waals surface area contributed by atoms with Gasteiger partial charge in [-0.1, -0.05) is 5.16 Å². The normalized spacial score (nSPS) is 16.1. The van der Waals surface area contributed by atoms with E-state index in [1.54, 1.807) is 6.92 Å². The van der Waals surface area contributed by atoms with Gasteiger partial charge >= 0.3 is 0 Å². The van der Waals surface area contributed by atoms with Gasteiger partial charge in [-0.2, -0.15) is 0 Å². The number of rotatable bonds is 6. The molecule has 3 rings (SSSR count). The number of aromatic nitrogens is 1. The van der Waals surface area contributed by atoms with Gasteiger partial charge < -0.3 is 4.52 Å². The molecule has 1 aliphatic carbocycles. The van der Waals surface area contributed by atoms with Crippen molar-refractivity contribution in [3.63, 3.8) is 0 Å². The van der Waals surface area contributed by atoms with Crippen LogP contribution in [0.25, 0.3) is 0 Å². The highest BCUT2D eigenvalue weighted by Gasteiger charge is 2.33. The summed E-state index contributed by atoms with van der Waals surface area (Å²) in [6.45, 7) is 1.56. The lowest BCUT2D eigenvalue weighted by atomic mass is 9.94. The molecule has 6 nitrogen and oxygen atoms in total. The number of nitrogens with one attached hydrogen (secondary N) is 1. The fourth-order valence-corrected chi connectivity index (χ4v) is 3.46. The molecule has 1 N–H and O–H groups in total. The minimum atomic E-state index is -3.51. The van der Waals surface area contributed by atoms with Crippen LogP contribution in [0.3, 0.4) is 0 Å². The second kappa shape index (κ2) is 6.10. The predicted molar refractivity (Wildman–Crippen MR) is 84.7 cm³/mol. The molecule has 0 saturated heterocycles. The lowest BCUT2D eigenvalue weighted by Gasteiger charge is -2.16. The van der Waals surface area contributed by atoms with Crippen LogP contribution in [0.5, 0.6) is 0 Å². The summed E-state index contributed by atoms with van der Waals surface area (Å²) in [5.74, 6) is -0.160. The summed E-state index contributed by atoms with van der Waals surface area (Å²) in [7, 11) is -3.51. The summed E-state index contributed by atoms with van der Waals surface area (Å²) in [5, 5.41) is 3.70. The number of benzene rings is 1. The number of hydrogen-bond donors (Lipinski definition) is 1. The van der Waals surface area contributed by atoms with Gasteiger partial charge in [-0.3, -0.25) is 4.79 Å². The number of nitrogens with zero attached hydrogens (tertiary/aromatic N) is 1. The van der Waals surface area contributed by atoms with Crippen LogP contribution >= 0.6 is 0 Å². The smallest absolute Gasteiger partial charge is 0.209 e. The van der Waals surface area contributed by atoms with Crippen LogP contribution in [-0.2, 0) is 10.0 Å². The fourth-order valence-electron chi connectivity index (χ4n) is 2.69. The first-order valence-corrected chi connectivity index (χ1v) is 9.41. The van der Waals surface area contributed by atoms with Crippen molar-refractivity contribution in [2.45, 2.75) is 31.7 Å². The van der Waals surface area contributed by atoms with Crippen molar-refractivity contribution in [1.29, 1.82) is 0 Å². The molecular weight excluding hydrogens is 335 g/mol. The van der Waals surface area contributed by atoms with Gasteiger partial charge in [0, 0.05) is 17.5 Å². The third kappa shape index (κ3) is 3.54. The van der Waals surface area contributed by atoms with Crippen LogP contribution in [0.1, 0.15) is 59.0 Å². The Morgan fingerprint density at radius 1 is 1.38 bits per heavy atom. The second-order valence-electron chi connectivity index (χ2n) is 6.05. The summed E-state index contributed by atoms with van der Waals surface area (Å²) in [4.78, 5) is 12.9. The Morgan fingerprint density at radius 3 is 2.71 bits per heavy atom. The number of halogens is 1. The Bertz CT molecular complexity index is 887. The van der Waals surface area contributed by atoms with Crippen LogP contribution in [-0.4, -0.2) is 25.6 Å². The highest BCUT2D eigenvalue weighted by molar-refractivity contribution is 7.88. The average molecular weight is 352 g/mol. The van der Waals surface area contributed by atoms with E-state index in [-0.39, 0.29) is 22.8 Å². The molecule has 1 atom stereocenters. The van der Waals surface area contributed by atoms with Crippen LogP contribution in [0.2, 0.25) is 0 Å². The van der Waals surface area contributed by atoms with Crippen molar-refractivity contribution in [2.24, 2.45) is 0 Å². The molecule has 2 aromatic rings. The summed E-state index contributed by atoms with van der Waals surface area (Å²) >= 11 is 0. The summed E-state index contributed by atoms with van der Waals surface area (Å²) in [5.41, 5.74) is 0.843. The third-order valence-electron chi connectivity index (χ3n) is 3.91. The van der Waals surface area contributed by atoms with E-state index >= 15 is 0 Å². The van der Waals surface area contributed by atoms with Gasteiger partial charge in [0.05, 0.1) is 18.0 Å². The molecule has 1 aromatic heterocycles. The van der Waals surface area contributed by atoms with Gasteiger partial charge in [0.2, 0.25) is 10.0 Å². The summed E-state index contributed by atoms with van der Waals surface area (Å²) in [6.07, 6.45) is 4.25. The zero-order valence-corrected chi connectivity index (χ0v) is 14.1. The van der Waals surface area contributed by atoms with E-state index in [1.165, 1.54) is 24.4 Å². The minimum absolute atomic E-state index is 0.196. The van der Waals surface area contributed by atoms with E-state index in [1.807, 2.05) is 0 Å². The number of carbonyl (C=O) groups is 1. The molecule has 1 aromatic carbocycles. The molecule has 1 unspecified atom stereocenters. The Hall–Kier alpha value is -2.06. The highest BCUT2D eigenvalue weighted by atomic mass is 32.2. The van der Waals surface area contributed by atoms with E-state index in [0.717, 1.165) is 19.1 Å². The maximum Gasteiger partial charge on any atom is 0.209 e. The molecule has 1 fully saturated rings. The molecule has 1 aliphatic rings. The highest BCUT2D eigenvalue weighted by Crippen LogP contribution is 2.42. The van der Waals surface area contributed by atoms with Crippen LogP contribution in [0.15, 0.2) is 28.9 Å². The largest absolute Gasteiger partial charge is 0.360 e. The summed E-state index contributed by atoms with van der Waals surface area (Å²) in [6, 6.07) is 2.95. The van der Waals surface area contributed by atoms with Crippen molar-refractivity contribution in [3.05, 3.63) is 52.7 Å². The van der Waals surface area contributed by atoms with E-state index in [2.05, 4.69) is 9.88 Å². The molecule has 128 valence electrons. The predicted octanol–water partition coefficient (Wildman–Crippen LogP) is 2.53. The van der Waals surface area contributed by atoms with Gasteiger partial charge in [0.1, 0.15) is 5.82 Å². The minimum Gasteiger partial charge on any atom is -0.360 e. The Balaban J connectivity index is 2.01. The molecule has 0 amide bonds. The van der Waals surface area contributed by atoms with Gasteiger partial charge in [-0.05, 0) is 43.5 Å². The van der Waals surface area contributed by atoms with Crippen LogP contribution < -0.4 is 4.72 Å². The topological polar surface area (TPSA) is 89.3 Å². The lowest BCUT2D eigenvalue weighted by Crippen LogP contribution is -2.27. The first-order chi connectivity index (χ1) is 11.3. The molecule has 1 heterocycles. The van der Waals surface area contributed by atoms with Gasteiger partial charge in [0.25, 0.3) is 0 Å². The van der Waals surface area contributed by atoms with Crippen LogP contribution in [0, 0.1) is 5.82 Å². The maximum absolute atomic E-state index is 13.6. The SMILES string of the molecule is CC(NS(C)(=O)=O)c1cc(F)ccc1C(=O)c1cnoc1C1CC1. The molecule has 0 bridgehead atoms. The Kier molecular flexibility index (Phi) is 4.27. The van der Waals surface area contributed by atoms with E-state index in [4.69, 9.17) is 4.52 Å². The Morgan fingerprint density at radius 2 is 2.08 bits per heavy atom. The molecule has 24 heavy (non-hydrogen) atoms. The zero-order valence-electron chi connectivity index (χ0n) is 13.2. The van der Waals surface area contributed by atoms with Crippen molar-refractivity contribution in [1.82, 2.24) is 9.88 Å². The van der Waals surface area contributed by atoms with Crippen LogP contribution in [0.4, 0.5) is 4.39 Å². The van der Waals surface area contributed by atoms with Gasteiger partial charge in [-0.25, -0.2) is 17.5 Å². The molecule has 0 spiro atoms. The number of carbonyl (C=O) groups excluding carboxylic acids is 1. The molecule has 0 radical (unpaired) electrons. The van der Waals surface area contributed by atoms with Crippen molar-refractivity contribution in [3.8, 4) is 0 Å². The first kappa shape index (κ1) is 16.8. The number of sulfonamides is 1. The van der Waals surface area contributed by atoms with Gasteiger partial charge in [-0.15, -0.1) is 0 Å². The standard InChI is InChI=1S/C16H17FN2O4S/c1-9(19-24(2,21)22)13-7-11(17)5-6-12(13)15(20)14-8-18-23-16(14)10-3-4-10/h5-10,19H,3-4H2,1-2H3. The third-order valence-corrected chi connectivity index (χ3v) is 4.69. The van der Waals surface area contributed by atoms with Crippen molar-refractivity contribution < 1.29 is 22.1 Å². The van der Waals surface area contributed by atoms with Crippen molar-refractivity contribution >= 4 is 15.8 Å². The second-order valence-corrected chi connectivity index (χ2v) is 7.83. The number of ketones is 1. The summed E-state index contributed by atoms with van der Waals surface area (Å²) < 4.78 is 44.1. The van der Waals surface area contributed by atoms with Gasteiger partial charge in [0.15, 0.2) is 11.5 Å². The number of hydrogen-bond acceptors (Lipinski definition) is 5. The fraction of sp³-hybridized carbons (Fsp3) is 0.375. The zero-order chi connectivity index (χ0) is 17.5. The molecule has 1 saturated carbocycles. The maximum atomic E-state index is 13.6. The lowest BCUT2D eigenvalue weighted by molar-refractivity contribution is 0.103. The Labute approximate surface area is 139 Å². The van der Waals surface area contributed by atoms with E-state index in [0.29, 0.717) is 11.3 Å². The van der Waals surface area contributed by atoms with E-state index in [9.17, 15) is 17.6 Å². The molecule has 8 heteroatoms.